The molecular weight excluding hydrogens is 298 g/mol. The van der Waals surface area contributed by atoms with Crippen molar-refractivity contribution in [2.45, 2.75) is 33.0 Å². The van der Waals surface area contributed by atoms with E-state index in [2.05, 4.69) is 15.8 Å². The number of aromatic nitrogens is 1. The normalized spacial score (nSPS) is 19.3. The molecule has 2 amide bonds. The van der Waals surface area contributed by atoms with E-state index in [-0.39, 0.29) is 24.0 Å². The number of nitrogens with one attached hydrogen (secondary N) is 2. The SMILES string of the molecule is CC(=O)Nc1ccc([C@@H]2O[C@H]2c2onc(C)c2NC(C)=O)cc1. The van der Waals surface area contributed by atoms with Crippen LogP contribution in [0.1, 0.15) is 43.1 Å². The van der Waals surface area contributed by atoms with Crippen LogP contribution in [0.4, 0.5) is 11.4 Å². The average Bonchev–Trinajstić information content (AvgIpc) is 3.19. The minimum Gasteiger partial charge on any atom is -0.356 e. The van der Waals surface area contributed by atoms with Crippen molar-refractivity contribution >= 4 is 23.2 Å². The zero-order valence-corrected chi connectivity index (χ0v) is 13.0. The fourth-order valence-corrected chi connectivity index (χ4v) is 2.43. The van der Waals surface area contributed by atoms with Gasteiger partial charge in [-0.05, 0) is 24.6 Å². The van der Waals surface area contributed by atoms with E-state index < -0.39 is 0 Å². The van der Waals surface area contributed by atoms with Crippen LogP contribution in [-0.4, -0.2) is 17.0 Å². The Kier molecular flexibility index (Phi) is 3.87. The molecule has 7 nitrogen and oxygen atoms in total. The third-order valence-electron chi connectivity index (χ3n) is 3.50. The van der Waals surface area contributed by atoms with Crippen molar-refractivity contribution in [2.75, 3.05) is 10.6 Å². The van der Waals surface area contributed by atoms with Crippen LogP contribution >= 0.6 is 0 Å². The molecule has 0 aliphatic carbocycles. The van der Waals surface area contributed by atoms with Gasteiger partial charge in [-0.15, -0.1) is 0 Å². The zero-order valence-electron chi connectivity index (χ0n) is 13.0. The summed E-state index contributed by atoms with van der Waals surface area (Å²) >= 11 is 0. The molecule has 1 fully saturated rings. The molecule has 0 saturated carbocycles. The second-order valence-electron chi connectivity index (χ2n) is 5.47. The maximum absolute atomic E-state index is 11.3. The quantitative estimate of drug-likeness (QED) is 0.846. The molecule has 3 rings (SSSR count). The number of nitrogens with zero attached hydrogens (tertiary/aromatic N) is 1. The maximum atomic E-state index is 11.3. The number of carbonyl (C=O) groups is 2. The number of amides is 2. The molecule has 7 heteroatoms. The van der Waals surface area contributed by atoms with Crippen molar-refractivity contribution in [3.05, 3.63) is 41.3 Å². The van der Waals surface area contributed by atoms with Crippen molar-refractivity contribution in [3.63, 3.8) is 0 Å². The molecule has 1 aliphatic rings. The van der Waals surface area contributed by atoms with Gasteiger partial charge in [0.1, 0.15) is 17.5 Å². The molecule has 0 spiro atoms. The Hall–Kier alpha value is -2.67. The van der Waals surface area contributed by atoms with Gasteiger partial charge in [0, 0.05) is 19.5 Å². The van der Waals surface area contributed by atoms with E-state index in [0.29, 0.717) is 17.1 Å². The third-order valence-corrected chi connectivity index (χ3v) is 3.50. The van der Waals surface area contributed by atoms with Crippen LogP contribution in [0.15, 0.2) is 28.8 Å². The highest BCUT2D eigenvalue weighted by molar-refractivity contribution is 5.90. The van der Waals surface area contributed by atoms with E-state index in [4.69, 9.17) is 9.26 Å². The summed E-state index contributed by atoms with van der Waals surface area (Å²) in [6.07, 6.45) is -0.425. The van der Waals surface area contributed by atoms with Gasteiger partial charge in [0.15, 0.2) is 11.9 Å². The topological polar surface area (TPSA) is 96.8 Å². The standard InChI is InChI=1S/C16H17N3O4/c1-8-13(18-10(3)21)15(23-19-8)16-14(22-16)11-4-6-12(7-5-11)17-9(2)20/h4-7,14,16H,1-3H3,(H,17,20)(H,18,21)/t14-,16+/m0/s1. The lowest BCUT2D eigenvalue weighted by molar-refractivity contribution is -0.115. The van der Waals surface area contributed by atoms with Gasteiger partial charge in [0.25, 0.3) is 0 Å². The Bertz CT molecular complexity index is 751. The number of hydrogen-bond donors (Lipinski definition) is 2. The zero-order chi connectivity index (χ0) is 16.6. The summed E-state index contributed by atoms with van der Waals surface area (Å²) in [7, 11) is 0. The summed E-state index contributed by atoms with van der Waals surface area (Å²) in [6.45, 7) is 4.66. The molecule has 1 aromatic carbocycles. The average molecular weight is 315 g/mol. The van der Waals surface area contributed by atoms with E-state index in [1.54, 1.807) is 6.92 Å². The monoisotopic (exact) mass is 315 g/mol. The molecule has 23 heavy (non-hydrogen) atoms. The first-order valence-electron chi connectivity index (χ1n) is 7.22. The first kappa shape index (κ1) is 15.2. The van der Waals surface area contributed by atoms with Crippen LogP contribution in [-0.2, 0) is 14.3 Å². The van der Waals surface area contributed by atoms with Crippen LogP contribution in [0.5, 0.6) is 0 Å². The molecule has 2 atom stereocenters. The summed E-state index contributed by atoms with van der Waals surface area (Å²) in [5.41, 5.74) is 2.88. The molecule has 0 radical (unpaired) electrons. The number of hydrogen-bond acceptors (Lipinski definition) is 5. The second kappa shape index (κ2) is 5.85. The van der Waals surface area contributed by atoms with Crippen molar-refractivity contribution in [1.82, 2.24) is 5.16 Å². The number of benzene rings is 1. The van der Waals surface area contributed by atoms with Crippen LogP contribution in [0.2, 0.25) is 0 Å². The molecule has 2 aromatic rings. The van der Waals surface area contributed by atoms with E-state index in [0.717, 1.165) is 11.3 Å². The first-order chi connectivity index (χ1) is 11.0. The van der Waals surface area contributed by atoms with Gasteiger partial charge in [0.05, 0.1) is 0 Å². The molecule has 120 valence electrons. The lowest BCUT2D eigenvalue weighted by Gasteiger charge is -2.03. The Labute approximate surface area is 133 Å². The number of carbonyl (C=O) groups excluding carboxylic acids is 2. The number of aryl methyl sites for hydroxylation is 1. The molecule has 1 saturated heterocycles. The highest BCUT2D eigenvalue weighted by Gasteiger charge is 2.46. The number of rotatable bonds is 4. The fraction of sp³-hybridized carbons (Fsp3) is 0.312. The van der Waals surface area contributed by atoms with E-state index in [1.807, 2.05) is 24.3 Å². The molecule has 0 bridgehead atoms. The predicted molar refractivity (Wildman–Crippen MR) is 82.9 cm³/mol. The van der Waals surface area contributed by atoms with Gasteiger partial charge in [-0.25, -0.2) is 0 Å². The first-order valence-corrected chi connectivity index (χ1v) is 7.22. The summed E-state index contributed by atoms with van der Waals surface area (Å²) in [4.78, 5) is 22.3. The molecule has 2 N–H and O–H groups in total. The number of epoxide rings is 1. The Morgan fingerprint density at radius 1 is 1.04 bits per heavy atom. The van der Waals surface area contributed by atoms with Gasteiger partial charge in [-0.2, -0.15) is 0 Å². The summed E-state index contributed by atoms with van der Waals surface area (Å²) in [5, 5.41) is 9.32. The minimum absolute atomic E-state index is 0.115. The molecule has 2 heterocycles. The predicted octanol–water partition coefficient (Wildman–Crippen LogP) is 2.71. The van der Waals surface area contributed by atoms with Crippen molar-refractivity contribution in [3.8, 4) is 0 Å². The Morgan fingerprint density at radius 3 is 2.30 bits per heavy atom. The lowest BCUT2D eigenvalue weighted by Crippen LogP contribution is -2.07. The fourth-order valence-electron chi connectivity index (χ4n) is 2.43. The van der Waals surface area contributed by atoms with E-state index in [9.17, 15) is 9.59 Å². The van der Waals surface area contributed by atoms with E-state index in [1.165, 1.54) is 13.8 Å². The number of anilines is 2. The van der Waals surface area contributed by atoms with Crippen molar-refractivity contribution in [1.29, 1.82) is 0 Å². The third kappa shape index (κ3) is 3.24. The Balaban J connectivity index is 1.74. The van der Waals surface area contributed by atoms with Gasteiger partial charge < -0.3 is 19.9 Å². The maximum Gasteiger partial charge on any atom is 0.221 e. The smallest absolute Gasteiger partial charge is 0.221 e. The molecule has 1 aromatic heterocycles. The van der Waals surface area contributed by atoms with Crippen molar-refractivity contribution < 1.29 is 18.8 Å². The summed E-state index contributed by atoms with van der Waals surface area (Å²) in [6, 6.07) is 7.40. The molecule has 1 aliphatic heterocycles. The van der Waals surface area contributed by atoms with Crippen LogP contribution in [0.25, 0.3) is 0 Å². The van der Waals surface area contributed by atoms with Crippen LogP contribution in [0, 0.1) is 6.92 Å². The molecular formula is C16H17N3O4. The summed E-state index contributed by atoms with van der Waals surface area (Å²) < 4.78 is 11.0. The van der Waals surface area contributed by atoms with Crippen LogP contribution < -0.4 is 10.6 Å². The van der Waals surface area contributed by atoms with Gasteiger partial charge in [0.2, 0.25) is 11.8 Å². The molecule has 0 unspecified atom stereocenters. The number of ether oxygens (including phenoxy) is 1. The lowest BCUT2D eigenvalue weighted by atomic mass is 10.1. The Morgan fingerprint density at radius 2 is 1.70 bits per heavy atom. The van der Waals surface area contributed by atoms with E-state index >= 15 is 0 Å². The highest BCUT2D eigenvalue weighted by atomic mass is 16.6. The summed E-state index contributed by atoms with van der Waals surface area (Å²) in [5.74, 6) is 0.221. The van der Waals surface area contributed by atoms with Gasteiger partial charge >= 0.3 is 0 Å². The van der Waals surface area contributed by atoms with Crippen molar-refractivity contribution in [2.24, 2.45) is 0 Å². The van der Waals surface area contributed by atoms with Gasteiger partial charge in [-0.1, -0.05) is 17.3 Å². The van der Waals surface area contributed by atoms with Crippen LogP contribution in [0.3, 0.4) is 0 Å². The minimum atomic E-state index is -0.273. The largest absolute Gasteiger partial charge is 0.356 e. The second-order valence-corrected chi connectivity index (χ2v) is 5.47. The highest BCUT2D eigenvalue weighted by Crippen LogP contribution is 2.53. The van der Waals surface area contributed by atoms with Gasteiger partial charge in [-0.3, -0.25) is 9.59 Å².